The molecule has 4 nitrogen and oxygen atoms in total. The first-order valence-electron chi connectivity index (χ1n) is 5.98. The van der Waals surface area contributed by atoms with Crippen molar-refractivity contribution in [3.05, 3.63) is 69.0 Å². The van der Waals surface area contributed by atoms with Gasteiger partial charge >= 0.3 is 5.69 Å². The second-order valence-corrected chi connectivity index (χ2v) is 4.52. The molecular formula is C15H10ClFN2O2. The molecule has 0 bridgehead atoms. The van der Waals surface area contributed by atoms with E-state index in [1.165, 1.54) is 6.07 Å². The van der Waals surface area contributed by atoms with Crippen LogP contribution in [0.25, 0.3) is 0 Å². The average molecular weight is 305 g/mol. The minimum absolute atomic E-state index is 0.283. The van der Waals surface area contributed by atoms with E-state index < -0.39 is 16.4 Å². The number of nitro benzene ring substituents is 1. The maximum absolute atomic E-state index is 13.2. The van der Waals surface area contributed by atoms with E-state index in [-0.39, 0.29) is 6.54 Å². The third-order valence-electron chi connectivity index (χ3n) is 2.60. The van der Waals surface area contributed by atoms with Gasteiger partial charge in [-0.05, 0) is 36.4 Å². The maximum atomic E-state index is 13.2. The van der Waals surface area contributed by atoms with Gasteiger partial charge in [0.05, 0.1) is 11.5 Å². The highest BCUT2D eigenvalue weighted by Gasteiger charge is 2.13. The summed E-state index contributed by atoms with van der Waals surface area (Å²) < 4.78 is 13.2. The van der Waals surface area contributed by atoms with Gasteiger partial charge in [-0.25, -0.2) is 0 Å². The second kappa shape index (κ2) is 6.73. The van der Waals surface area contributed by atoms with Crippen molar-refractivity contribution in [3.63, 3.8) is 0 Å². The number of nitro groups is 1. The third kappa shape index (κ3) is 4.20. The van der Waals surface area contributed by atoms with Gasteiger partial charge in [-0.3, -0.25) is 10.1 Å². The van der Waals surface area contributed by atoms with E-state index in [2.05, 4.69) is 17.2 Å². The molecule has 0 radical (unpaired) electrons. The Bertz CT molecular complexity index is 721. The monoisotopic (exact) mass is 304 g/mol. The fourth-order valence-electron chi connectivity index (χ4n) is 1.59. The molecule has 2 aromatic carbocycles. The normalized spacial score (nSPS) is 9.62. The molecule has 2 aromatic rings. The van der Waals surface area contributed by atoms with Gasteiger partial charge in [-0.15, -0.1) is 0 Å². The summed E-state index contributed by atoms with van der Waals surface area (Å²) >= 11 is 5.76. The average Bonchev–Trinajstić information content (AvgIpc) is 2.46. The van der Waals surface area contributed by atoms with Crippen molar-refractivity contribution in [1.29, 1.82) is 0 Å². The summed E-state index contributed by atoms with van der Waals surface area (Å²) in [5, 5.41) is 14.1. The lowest BCUT2D eigenvalue weighted by atomic mass is 10.2. The number of hydrogen-bond acceptors (Lipinski definition) is 3. The van der Waals surface area contributed by atoms with E-state index in [9.17, 15) is 14.5 Å². The Kier molecular flexibility index (Phi) is 4.75. The number of benzene rings is 2. The first-order valence-corrected chi connectivity index (χ1v) is 6.36. The van der Waals surface area contributed by atoms with E-state index in [1.807, 2.05) is 0 Å². The molecule has 1 N–H and O–H groups in total. The zero-order valence-corrected chi connectivity index (χ0v) is 11.5. The first kappa shape index (κ1) is 14.8. The van der Waals surface area contributed by atoms with Crippen molar-refractivity contribution < 1.29 is 9.31 Å². The van der Waals surface area contributed by atoms with Crippen LogP contribution in [0.2, 0.25) is 5.02 Å². The van der Waals surface area contributed by atoms with Crippen molar-refractivity contribution in [2.24, 2.45) is 0 Å². The van der Waals surface area contributed by atoms with Crippen molar-refractivity contribution >= 4 is 23.0 Å². The Balaban J connectivity index is 1.99. The van der Waals surface area contributed by atoms with Crippen LogP contribution >= 0.6 is 11.6 Å². The van der Waals surface area contributed by atoms with Crippen LogP contribution in [0.3, 0.4) is 0 Å². The van der Waals surface area contributed by atoms with Crippen LogP contribution in [0.15, 0.2) is 42.5 Å². The SMILES string of the molecule is O=[N+]([O-])c1cc(NCC#Cc2ccc(Cl)cc2)ccc1F. The highest BCUT2D eigenvalue weighted by atomic mass is 35.5. The number of nitrogens with zero attached hydrogens (tertiary/aromatic N) is 1. The van der Waals surface area contributed by atoms with Crippen LogP contribution in [0.4, 0.5) is 15.8 Å². The molecule has 0 aliphatic carbocycles. The molecule has 0 heterocycles. The van der Waals surface area contributed by atoms with Gasteiger partial charge in [0.15, 0.2) is 0 Å². The molecule has 106 valence electrons. The van der Waals surface area contributed by atoms with E-state index in [0.29, 0.717) is 10.7 Å². The van der Waals surface area contributed by atoms with Gasteiger partial charge in [0.2, 0.25) is 5.82 Å². The molecule has 0 aliphatic heterocycles. The summed E-state index contributed by atoms with van der Waals surface area (Å²) in [7, 11) is 0. The van der Waals surface area contributed by atoms with Crippen LogP contribution < -0.4 is 5.32 Å². The number of hydrogen-bond donors (Lipinski definition) is 1. The minimum Gasteiger partial charge on any atom is -0.374 e. The van der Waals surface area contributed by atoms with E-state index in [4.69, 9.17) is 11.6 Å². The lowest BCUT2D eigenvalue weighted by molar-refractivity contribution is -0.387. The fourth-order valence-corrected chi connectivity index (χ4v) is 1.71. The van der Waals surface area contributed by atoms with Crippen molar-refractivity contribution in [2.45, 2.75) is 0 Å². The third-order valence-corrected chi connectivity index (χ3v) is 2.85. The van der Waals surface area contributed by atoms with E-state index in [0.717, 1.165) is 17.7 Å². The lowest BCUT2D eigenvalue weighted by Crippen LogP contribution is -2.00. The summed E-state index contributed by atoms with van der Waals surface area (Å²) in [6.07, 6.45) is 0. The number of nitrogens with one attached hydrogen (secondary N) is 1. The molecule has 0 fully saturated rings. The topological polar surface area (TPSA) is 55.2 Å². The number of halogens is 2. The Morgan fingerprint density at radius 1 is 1.24 bits per heavy atom. The molecular weight excluding hydrogens is 295 g/mol. The zero-order chi connectivity index (χ0) is 15.2. The summed E-state index contributed by atoms with van der Waals surface area (Å²) in [6.45, 7) is 0.283. The Morgan fingerprint density at radius 3 is 2.62 bits per heavy atom. The predicted molar refractivity (Wildman–Crippen MR) is 79.9 cm³/mol. The zero-order valence-electron chi connectivity index (χ0n) is 10.8. The lowest BCUT2D eigenvalue weighted by Gasteiger charge is -2.02. The molecule has 0 spiro atoms. The van der Waals surface area contributed by atoms with Crippen LogP contribution in [0.1, 0.15) is 5.56 Å². The number of anilines is 1. The standard InChI is InChI=1S/C15H10ClFN2O2/c16-12-5-3-11(4-6-12)2-1-9-18-13-7-8-14(17)15(10-13)19(20)21/h3-8,10,18H,9H2. The number of rotatable bonds is 3. The largest absolute Gasteiger partial charge is 0.374 e. The van der Waals surface area contributed by atoms with Gasteiger partial charge < -0.3 is 5.32 Å². The van der Waals surface area contributed by atoms with Crippen LogP contribution in [-0.4, -0.2) is 11.5 Å². The van der Waals surface area contributed by atoms with Gasteiger partial charge in [0, 0.05) is 22.3 Å². The van der Waals surface area contributed by atoms with Crippen LogP contribution in [0, 0.1) is 27.8 Å². The van der Waals surface area contributed by atoms with Crippen molar-refractivity contribution in [3.8, 4) is 11.8 Å². The molecule has 21 heavy (non-hydrogen) atoms. The Morgan fingerprint density at radius 2 is 1.95 bits per heavy atom. The maximum Gasteiger partial charge on any atom is 0.306 e. The summed E-state index contributed by atoms with van der Waals surface area (Å²) in [5.74, 6) is 4.91. The molecule has 0 saturated carbocycles. The van der Waals surface area contributed by atoms with Crippen LogP contribution in [-0.2, 0) is 0 Å². The Hall–Kier alpha value is -2.58. The Labute approximate surface area is 125 Å². The second-order valence-electron chi connectivity index (χ2n) is 4.09. The first-order chi connectivity index (χ1) is 10.1. The molecule has 0 saturated heterocycles. The van der Waals surface area contributed by atoms with Gasteiger partial charge in [-0.2, -0.15) is 4.39 Å². The van der Waals surface area contributed by atoms with E-state index in [1.54, 1.807) is 24.3 Å². The molecule has 0 aromatic heterocycles. The highest BCUT2D eigenvalue weighted by Crippen LogP contribution is 2.21. The quantitative estimate of drug-likeness (QED) is 0.532. The molecule has 6 heteroatoms. The van der Waals surface area contributed by atoms with Gasteiger partial charge in [-0.1, -0.05) is 23.4 Å². The van der Waals surface area contributed by atoms with Crippen molar-refractivity contribution in [2.75, 3.05) is 11.9 Å². The summed E-state index contributed by atoms with van der Waals surface area (Å²) in [4.78, 5) is 9.85. The van der Waals surface area contributed by atoms with Gasteiger partial charge in [0.25, 0.3) is 0 Å². The minimum atomic E-state index is -0.863. The van der Waals surface area contributed by atoms with Crippen LogP contribution in [0.5, 0.6) is 0 Å². The van der Waals surface area contributed by atoms with E-state index >= 15 is 0 Å². The fraction of sp³-hybridized carbons (Fsp3) is 0.0667. The predicted octanol–water partition coefficient (Wildman–Crippen LogP) is 3.85. The molecule has 0 amide bonds. The molecule has 0 aliphatic rings. The highest BCUT2D eigenvalue weighted by molar-refractivity contribution is 6.30. The van der Waals surface area contributed by atoms with Gasteiger partial charge in [0.1, 0.15) is 0 Å². The molecule has 0 unspecified atom stereocenters. The molecule has 0 atom stereocenters. The molecule has 2 rings (SSSR count). The summed E-state index contributed by atoms with van der Waals surface area (Å²) in [5.41, 5.74) is 0.686. The van der Waals surface area contributed by atoms with Crippen molar-refractivity contribution in [1.82, 2.24) is 0 Å². The smallest absolute Gasteiger partial charge is 0.306 e. The summed E-state index contributed by atoms with van der Waals surface area (Å²) in [6, 6.07) is 10.7.